The first kappa shape index (κ1) is 14.9. The van der Waals surface area contributed by atoms with Crippen LogP contribution in [0.5, 0.6) is 5.75 Å². The fraction of sp³-hybridized carbons (Fsp3) is 0.643. The van der Waals surface area contributed by atoms with E-state index in [0.29, 0.717) is 12.5 Å². The summed E-state index contributed by atoms with van der Waals surface area (Å²) in [6.07, 6.45) is 3.60. The highest BCUT2D eigenvalue weighted by atomic mass is 16.5. The van der Waals surface area contributed by atoms with E-state index in [2.05, 4.69) is 29.0 Å². The van der Waals surface area contributed by atoms with Crippen LogP contribution in [0, 0.1) is 5.92 Å². The highest BCUT2D eigenvalue weighted by Crippen LogP contribution is 2.16. The topological polar surface area (TPSA) is 37.4 Å². The van der Waals surface area contributed by atoms with Crippen molar-refractivity contribution in [2.75, 3.05) is 33.8 Å². The number of ether oxygens (including phenoxy) is 1. The second kappa shape index (κ2) is 8.06. The van der Waals surface area contributed by atoms with Gasteiger partial charge in [0.1, 0.15) is 12.4 Å². The van der Waals surface area contributed by atoms with Gasteiger partial charge in [0.25, 0.3) is 0 Å². The second-order valence-corrected chi connectivity index (χ2v) is 5.16. The number of nitrogens with one attached hydrogen (secondary N) is 1. The van der Waals surface area contributed by atoms with E-state index in [1.807, 2.05) is 26.4 Å². The monoisotopic (exact) mass is 251 g/mol. The molecule has 1 heterocycles. The third kappa shape index (κ3) is 5.98. The van der Waals surface area contributed by atoms with Crippen molar-refractivity contribution < 1.29 is 4.74 Å². The molecule has 0 aliphatic rings. The smallest absolute Gasteiger partial charge is 0.142 e. The van der Waals surface area contributed by atoms with Crippen LogP contribution in [-0.4, -0.2) is 43.7 Å². The lowest BCUT2D eigenvalue weighted by Crippen LogP contribution is -2.21. The van der Waals surface area contributed by atoms with Crippen molar-refractivity contribution in [2.24, 2.45) is 5.92 Å². The van der Waals surface area contributed by atoms with Gasteiger partial charge in [-0.3, -0.25) is 4.98 Å². The number of pyridine rings is 1. The Morgan fingerprint density at radius 1 is 1.39 bits per heavy atom. The minimum atomic E-state index is 0.657. The molecule has 0 spiro atoms. The molecule has 0 aromatic carbocycles. The Kier molecular flexibility index (Phi) is 6.68. The van der Waals surface area contributed by atoms with Crippen LogP contribution in [0.15, 0.2) is 18.5 Å². The first-order valence-electron chi connectivity index (χ1n) is 6.50. The zero-order chi connectivity index (χ0) is 13.4. The molecule has 1 aromatic heterocycles. The van der Waals surface area contributed by atoms with E-state index in [-0.39, 0.29) is 0 Å². The molecule has 0 fully saturated rings. The summed E-state index contributed by atoms with van der Waals surface area (Å²) in [5.41, 5.74) is 1.17. The van der Waals surface area contributed by atoms with Gasteiger partial charge < -0.3 is 15.0 Å². The Morgan fingerprint density at radius 2 is 2.17 bits per heavy atom. The van der Waals surface area contributed by atoms with Gasteiger partial charge in [0, 0.05) is 24.8 Å². The standard InChI is InChI=1S/C14H25N3O/c1-12(2)9-16-10-13-5-6-15-11-14(13)18-8-7-17(3)4/h5-6,11-12,16H,7-10H2,1-4H3. The molecule has 0 radical (unpaired) electrons. The molecule has 0 aliphatic carbocycles. The number of nitrogens with zero attached hydrogens (tertiary/aromatic N) is 2. The first-order valence-corrected chi connectivity index (χ1v) is 6.50. The Balaban J connectivity index is 2.45. The lowest BCUT2D eigenvalue weighted by atomic mass is 10.2. The summed E-state index contributed by atoms with van der Waals surface area (Å²) in [6.45, 7) is 7.85. The number of rotatable bonds is 8. The molecule has 0 bridgehead atoms. The quantitative estimate of drug-likeness (QED) is 0.764. The third-order valence-electron chi connectivity index (χ3n) is 2.53. The van der Waals surface area contributed by atoms with Gasteiger partial charge in [-0.15, -0.1) is 0 Å². The van der Waals surface area contributed by atoms with E-state index >= 15 is 0 Å². The SMILES string of the molecule is CC(C)CNCc1ccncc1OCCN(C)C. The summed E-state index contributed by atoms with van der Waals surface area (Å²) in [7, 11) is 4.08. The zero-order valence-electron chi connectivity index (χ0n) is 11.9. The number of hydrogen-bond donors (Lipinski definition) is 1. The molecule has 1 aromatic rings. The summed E-state index contributed by atoms with van der Waals surface area (Å²) in [5.74, 6) is 1.54. The van der Waals surface area contributed by atoms with Gasteiger partial charge in [0.2, 0.25) is 0 Å². The summed E-state index contributed by atoms with van der Waals surface area (Å²) < 4.78 is 5.76. The highest BCUT2D eigenvalue weighted by molar-refractivity contribution is 5.29. The molecule has 1 rings (SSSR count). The molecule has 102 valence electrons. The largest absolute Gasteiger partial charge is 0.490 e. The van der Waals surface area contributed by atoms with Crippen molar-refractivity contribution in [3.8, 4) is 5.75 Å². The van der Waals surface area contributed by atoms with Gasteiger partial charge in [-0.2, -0.15) is 0 Å². The number of hydrogen-bond acceptors (Lipinski definition) is 4. The van der Waals surface area contributed by atoms with Crippen molar-refractivity contribution >= 4 is 0 Å². The molecular formula is C14H25N3O. The highest BCUT2D eigenvalue weighted by Gasteiger charge is 2.04. The minimum Gasteiger partial charge on any atom is -0.490 e. The van der Waals surface area contributed by atoms with E-state index in [4.69, 9.17) is 4.74 Å². The Morgan fingerprint density at radius 3 is 2.83 bits per heavy atom. The van der Waals surface area contributed by atoms with Crippen molar-refractivity contribution in [1.29, 1.82) is 0 Å². The molecule has 0 saturated carbocycles. The van der Waals surface area contributed by atoms with Crippen molar-refractivity contribution in [1.82, 2.24) is 15.2 Å². The van der Waals surface area contributed by atoms with Crippen LogP contribution in [-0.2, 0) is 6.54 Å². The second-order valence-electron chi connectivity index (χ2n) is 5.16. The average Bonchev–Trinajstić information content (AvgIpc) is 2.30. The molecule has 0 amide bonds. The molecule has 0 unspecified atom stereocenters. The Hall–Kier alpha value is -1.13. The van der Waals surface area contributed by atoms with Gasteiger partial charge >= 0.3 is 0 Å². The van der Waals surface area contributed by atoms with Crippen LogP contribution in [0.3, 0.4) is 0 Å². The van der Waals surface area contributed by atoms with Crippen LogP contribution in [0.4, 0.5) is 0 Å². The maximum absolute atomic E-state index is 5.76. The summed E-state index contributed by atoms with van der Waals surface area (Å²) in [5, 5.41) is 3.42. The van der Waals surface area contributed by atoms with Crippen LogP contribution >= 0.6 is 0 Å². The van der Waals surface area contributed by atoms with Crippen LogP contribution in [0.2, 0.25) is 0 Å². The van der Waals surface area contributed by atoms with E-state index in [0.717, 1.165) is 25.4 Å². The predicted octanol–water partition coefficient (Wildman–Crippen LogP) is 1.77. The van der Waals surface area contributed by atoms with Gasteiger partial charge in [-0.05, 0) is 32.6 Å². The van der Waals surface area contributed by atoms with E-state index in [1.165, 1.54) is 5.56 Å². The van der Waals surface area contributed by atoms with E-state index in [9.17, 15) is 0 Å². The zero-order valence-corrected chi connectivity index (χ0v) is 11.9. The lowest BCUT2D eigenvalue weighted by molar-refractivity contribution is 0.258. The molecule has 0 atom stereocenters. The first-order chi connectivity index (χ1) is 8.59. The Labute approximate surface area is 110 Å². The van der Waals surface area contributed by atoms with Crippen LogP contribution in [0.25, 0.3) is 0 Å². The Bertz CT molecular complexity index is 307. The van der Waals surface area contributed by atoms with Crippen molar-refractivity contribution in [3.05, 3.63) is 24.0 Å². The number of likely N-dealkylation sites (N-methyl/N-ethyl adjacent to an activating group) is 1. The van der Waals surface area contributed by atoms with Gasteiger partial charge in [-0.25, -0.2) is 0 Å². The maximum atomic E-state index is 5.76. The minimum absolute atomic E-state index is 0.657. The van der Waals surface area contributed by atoms with Gasteiger partial charge in [-0.1, -0.05) is 13.8 Å². The molecule has 0 aliphatic heterocycles. The number of aromatic nitrogens is 1. The molecular weight excluding hydrogens is 226 g/mol. The molecule has 0 saturated heterocycles. The van der Waals surface area contributed by atoms with E-state index in [1.54, 1.807) is 6.20 Å². The molecule has 4 nitrogen and oxygen atoms in total. The fourth-order valence-electron chi connectivity index (χ4n) is 1.52. The fourth-order valence-corrected chi connectivity index (χ4v) is 1.52. The summed E-state index contributed by atoms with van der Waals surface area (Å²) in [6, 6.07) is 2.01. The summed E-state index contributed by atoms with van der Waals surface area (Å²) in [4.78, 5) is 6.22. The van der Waals surface area contributed by atoms with Gasteiger partial charge in [0.05, 0.1) is 6.20 Å². The van der Waals surface area contributed by atoms with Crippen molar-refractivity contribution in [3.63, 3.8) is 0 Å². The molecule has 1 N–H and O–H groups in total. The van der Waals surface area contributed by atoms with Crippen LogP contribution < -0.4 is 10.1 Å². The molecule has 4 heteroatoms. The third-order valence-corrected chi connectivity index (χ3v) is 2.53. The van der Waals surface area contributed by atoms with Crippen molar-refractivity contribution in [2.45, 2.75) is 20.4 Å². The normalized spacial score (nSPS) is 11.2. The lowest BCUT2D eigenvalue weighted by Gasteiger charge is -2.14. The molecule has 18 heavy (non-hydrogen) atoms. The van der Waals surface area contributed by atoms with Gasteiger partial charge in [0.15, 0.2) is 0 Å². The average molecular weight is 251 g/mol. The van der Waals surface area contributed by atoms with E-state index < -0.39 is 0 Å². The van der Waals surface area contributed by atoms with Crippen LogP contribution in [0.1, 0.15) is 19.4 Å². The summed E-state index contributed by atoms with van der Waals surface area (Å²) >= 11 is 0. The predicted molar refractivity (Wildman–Crippen MR) is 74.8 cm³/mol. The maximum Gasteiger partial charge on any atom is 0.142 e.